The molecule has 0 aromatic heterocycles. The molecule has 0 unspecified atom stereocenters. The number of phenolic OH excluding ortho intramolecular Hbond substituents is 1. The summed E-state index contributed by atoms with van der Waals surface area (Å²) in [6.45, 7) is 1.81. The highest BCUT2D eigenvalue weighted by Crippen LogP contribution is 2.63. The van der Waals surface area contributed by atoms with Gasteiger partial charge in [0.1, 0.15) is 5.75 Å². The van der Waals surface area contributed by atoms with Crippen LogP contribution in [0.15, 0.2) is 66.2 Å². The van der Waals surface area contributed by atoms with Gasteiger partial charge in [0.05, 0.1) is 28.9 Å². The Balaban J connectivity index is 1.56. The molecule has 4 amide bonds. The lowest BCUT2D eigenvalue weighted by Gasteiger charge is -2.49. The molecule has 3 fully saturated rings. The molecule has 1 saturated carbocycles. The van der Waals surface area contributed by atoms with Gasteiger partial charge in [0.2, 0.25) is 23.6 Å². The SMILES string of the molecule is C[C@@]12C(=O)N(c3ccccc3)C(=O)[C@@H]1C[C@@H]1C(=CC[C@@H]3C(=O)NC(=O)[C@@H]31)[C@@H]2c1ccccc1O. The maximum Gasteiger partial charge on any atom is 0.241 e. The zero-order chi connectivity index (χ0) is 23.8. The van der Waals surface area contributed by atoms with E-state index in [-0.39, 0.29) is 35.3 Å². The van der Waals surface area contributed by atoms with Gasteiger partial charge < -0.3 is 5.11 Å². The summed E-state index contributed by atoms with van der Waals surface area (Å²) in [7, 11) is 0. The van der Waals surface area contributed by atoms with Crippen LogP contribution < -0.4 is 10.2 Å². The van der Waals surface area contributed by atoms with Gasteiger partial charge in [-0.05, 0) is 43.9 Å². The number of carbonyl (C=O) groups is 4. The number of anilines is 1. The van der Waals surface area contributed by atoms with Crippen LogP contribution in [0.4, 0.5) is 5.69 Å². The number of hydrogen-bond acceptors (Lipinski definition) is 5. The first-order chi connectivity index (χ1) is 16.3. The maximum atomic E-state index is 14.0. The van der Waals surface area contributed by atoms with Gasteiger partial charge >= 0.3 is 0 Å². The van der Waals surface area contributed by atoms with E-state index >= 15 is 0 Å². The number of para-hydroxylation sites is 2. The second-order valence-corrected chi connectivity index (χ2v) is 9.91. The number of allylic oxidation sites excluding steroid dienone is 2. The average molecular weight is 456 g/mol. The van der Waals surface area contributed by atoms with Crippen molar-refractivity contribution >= 4 is 29.3 Å². The number of imide groups is 2. The van der Waals surface area contributed by atoms with Crippen molar-refractivity contribution in [2.24, 2.45) is 29.1 Å². The lowest BCUT2D eigenvalue weighted by molar-refractivity contribution is -0.131. The molecule has 2 N–H and O–H groups in total. The van der Waals surface area contributed by atoms with E-state index < -0.39 is 29.1 Å². The van der Waals surface area contributed by atoms with Crippen LogP contribution in [0.1, 0.15) is 31.2 Å². The van der Waals surface area contributed by atoms with E-state index in [4.69, 9.17) is 0 Å². The Morgan fingerprint density at radius 2 is 1.65 bits per heavy atom. The number of nitrogens with zero attached hydrogens (tertiary/aromatic N) is 1. The maximum absolute atomic E-state index is 14.0. The van der Waals surface area contributed by atoms with Crippen molar-refractivity contribution in [3.8, 4) is 5.75 Å². The van der Waals surface area contributed by atoms with Gasteiger partial charge in [0.15, 0.2) is 0 Å². The molecule has 2 aromatic carbocycles. The number of phenols is 1. The number of amides is 4. The zero-order valence-corrected chi connectivity index (χ0v) is 18.6. The number of nitrogens with one attached hydrogen (secondary N) is 1. The number of benzene rings is 2. The van der Waals surface area contributed by atoms with Gasteiger partial charge in [-0.1, -0.05) is 48.0 Å². The van der Waals surface area contributed by atoms with Crippen molar-refractivity contribution in [1.29, 1.82) is 0 Å². The van der Waals surface area contributed by atoms with Crippen LogP contribution in [0.2, 0.25) is 0 Å². The topological polar surface area (TPSA) is 104 Å². The van der Waals surface area contributed by atoms with Crippen LogP contribution >= 0.6 is 0 Å². The Hall–Kier alpha value is -3.74. The van der Waals surface area contributed by atoms with E-state index in [1.807, 2.05) is 12.1 Å². The quantitative estimate of drug-likeness (QED) is 0.534. The smallest absolute Gasteiger partial charge is 0.241 e. The van der Waals surface area contributed by atoms with Gasteiger partial charge in [-0.3, -0.25) is 24.5 Å². The van der Waals surface area contributed by atoms with Crippen molar-refractivity contribution < 1.29 is 24.3 Å². The molecule has 6 atom stereocenters. The summed E-state index contributed by atoms with van der Waals surface area (Å²) in [5.74, 6) is -3.84. The third-order valence-electron chi connectivity index (χ3n) is 8.38. The summed E-state index contributed by atoms with van der Waals surface area (Å²) in [6, 6.07) is 15.7. The Morgan fingerprint density at radius 1 is 0.941 bits per heavy atom. The monoisotopic (exact) mass is 456 g/mol. The number of aromatic hydroxyl groups is 1. The van der Waals surface area contributed by atoms with Crippen molar-refractivity contribution in [2.75, 3.05) is 4.90 Å². The Bertz CT molecular complexity index is 1280. The first-order valence-corrected chi connectivity index (χ1v) is 11.6. The number of rotatable bonds is 2. The van der Waals surface area contributed by atoms with Gasteiger partial charge in [0, 0.05) is 11.5 Å². The predicted octanol–water partition coefficient (Wildman–Crippen LogP) is 2.91. The molecule has 2 aliphatic heterocycles. The molecule has 6 rings (SSSR count). The number of hydrogen-bond donors (Lipinski definition) is 2. The minimum absolute atomic E-state index is 0.0431. The summed E-state index contributed by atoms with van der Waals surface area (Å²) in [5, 5.41) is 13.3. The Kier molecular flexibility index (Phi) is 4.37. The van der Waals surface area contributed by atoms with E-state index in [1.165, 1.54) is 4.90 Å². The molecule has 4 aliphatic rings. The second-order valence-electron chi connectivity index (χ2n) is 9.91. The van der Waals surface area contributed by atoms with Crippen LogP contribution in [0, 0.1) is 29.1 Å². The van der Waals surface area contributed by atoms with Crippen molar-refractivity contribution in [2.45, 2.75) is 25.7 Å². The summed E-state index contributed by atoms with van der Waals surface area (Å²) >= 11 is 0. The third-order valence-corrected chi connectivity index (χ3v) is 8.38. The summed E-state index contributed by atoms with van der Waals surface area (Å²) in [5.41, 5.74) is 0.792. The summed E-state index contributed by atoms with van der Waals surface area (Å²) in [4.78, 5) is 54.3. The van der Waals surface area contributed by atoms with Crippen molar-refractivity contribution in [1.82, 2.24) is 5.32 Å². The molecule has 2 saturated heterocycles. The number of carbonyl (C=O) groups excluding carboxylic acids is 4. The lowest BCUT2D eigenvalue weighted by atomic mass is 9.51. The first-order valence-electron chi connectivity index (χ1n) is 11.6. The minimum atomic E-state index is -1.14. The third kappa shape index (κ3) is 2.58. The molecule has 172 valence electrons. The van der Waals surface area contributed by atoms with Crippen molar-refractivity contribution in [3.05, 3.63) is 71.8 Å². The first kappa shape index (κ1) is 20.8. The standard InChI is InChI=1S/C27H24N2O5/c1-27-19(25(33)29(26(27)34)14-7-3-2-4-8-14)13-18-15(22(27)16-9-5-6-10-20(16)30)11-12-17-21(18)24(32)28-23(17)31/h2-11,17-19,21-22,30H,12-13H2,1H3,(H,28,31,32)/t17-,18+,19-,21-,22+,27+/m0/s1. The van der Waals surface area contributed by atoms with Crippen LogP contribution in [-0.2, 0) is 19.2 Å². The molecule has 2 heterocycles. The van der Waals surface area contributed by atoms with E-state index in [0.29, 0.717) is 24.1 Å². The molecule has 7 nitrogen and oxygen atoms in total. The fraction of sp³-hybridized carbons (Fsp3) is 0.333. The fourth-order valence-electron chi connectivity index (χ4n) is 6.83. The van der Waals surface area contributed by atoms with Crippen molar-refractivity contribution in [3.63, 3.8) is 0 Å². The zero-order valence-electron chi connectivity index (χ0n) is 18.6. The molecule has 2 aliphatic carbocycles. The average Bonchev–Trinajstić information content (AvgIpc) is 3.23. The molecule has 0 bridgehead atoms. The van der Waals surface area contributed by atoms with E-state index in [0.717, 1.165) is 5.57 Å². The van der Waals surface area contributed by atoms with Crippen LogP contribution in [0.25, 0.3) is 0 Å². The van der Waals surface area contributed by atoms with E-state index in [2.05, 4.69) is 5.32 Å². The van der Waals surface area contributed by atoms with Gasteiger partial charge in [-0.25, -0.2) is 4.90 Å². The molecule has 34 heavy (non-hydrogen) atoms. The van der Waals surface area contributed by atoms with Crippen LogP contribution in [0.3, 0.4) is 0 Å². The lowest BCUT2D eigenvalue weighted by Crippen LogP contribution is -2.48. The largest absolute Gasteiger partial charge is 0.508 e. The summed E-state index contributed by atoms with van der Waals surface area (Å²) < 4.78 is 0. The normalized spacial score (nSPS) is 34.3. The summed E-state index contributed by atoms with van der Waals surface area (Å²) in [6.07, 6.45) is 2.66. The molecule has 2 aromatic rings. The van der Waals surface area contributed by atoms with Gasteiger partial charge in [-0.15, -0.1) is 0 Å². The second kappa shape index (κ2) is 7.13. The highest BCUT2D eigenvalue weighted by molar-refractivity contribution is 6.24. The van der Waals surface area contributed by atoms with Crippen LogP contribution in [0.5, 0.6) is 5.75 Å². The predicted molar refractivity (Wildman–Crippen MR) is 122 cm³/mol. The van der Waals surface area contributed by atoms with E-state index in [9.17, 15) is 24.3 Å². The Labute approximate surface area is 196 Å². The highest BCUT2D eigenvalue weighted by Gasteiger charge is 2.67. The van der Waals surface area contributed by atoms with E-state index in [1.54, 1.807) is 55.5 Å². The highest BCUT2D eigenvalue weighted by atomic mass is 16.3. The fourth-order valence-corrected chi connectivity index (χ4v) is 6.83. The molecule has 7 heteroatoms. The van der Waals surface area contributed by atoms with Gasteiger partial charge in [0.25, 0.3) is 0 Å². The van der Waals surface area contributed by atoms with Crippen LogP contribution in [-0.4, -0.2) is 28.7 Å². The molecular weight excluding hydrogens is 432 g/mol. The number of fused-ring (bicyclic) bond motifs is 4. The molecular formula is C27H24N2O5. The minimum Gasteiger partial charge on any atom is -0.508 e. The molecule has 0 spiro atoms. The Morgan fingerprint density at radius 3 is 2.38 bits per heavy atom. The van der Waals surface area contributed by atoms with Gasteiger partial charge in [-0.2, -0.15) is 0 Å². The molecule has 0 radical (unpaired) electrons.